The standard InChI is InChI=1S/C17H23ClN2O/c1-10(2)6-15-14(9-21)17(18)20(19-15)16-12(4)7-11(3)8-13(16)5/h7-8,10,21H,6,9H2,1-5H3. The Labute approximate surface area is 131 Å². The highest BCUT2D eigenvalue weighted by molar-refractivity contribution is 6.30. The Morgan fingerprint density at radius 3 is 2.24 bits per heavy atom. The number of aliphatic hydroxyl groups excluding tert-OH is 1. The number of aliphatic hydroxyl groups is 1. The summed E-state index contributed by atoms with van der Waals surface area (Å²) in [5, 5.41) is 14.8. The molecule has 0 radical (unpaired) electrons. The van der Waals surface area contributed by atoms with Gasteiger partial charge in [-0.15, -0.1) is 0 Å². The van der Waals surface area contributed by atoms with E-state index in [0.717, 1.165) is 34.5 Å². The Balaban J connectivity index is 2.62. The van der Waals surface area contributed by atoms with Crippen LogP contribution in [0.25, 0.3) is 5.69 Å². The van der Waals surface area contributed by atoms with Crippen LogP contribution in [0, 0.1) is 26.7 Å². The van der Waals surface area contributed by atoms with Gasteiger partial charge in [-0.05, 0) is 44.2 Å². The van der Waals surface area contributed by atoms with E-state index in [1.807, 2.05) is 0 Å². The summed E-state index contributed by atoms with van der Waals surface area (Å²) >= 11 is 6.47. The van der Waals surface area contributed by atoms with Crippen LogP contribution in [0.3, 0.4) is 0 Å². The number of hydrogen-bond acceptors (Lipinski definition) is 2. The lowest BCUT2D eigenvalue weighted by Crippen LogP contribution is -2.04. The zero-order chi connectivity index (χ0) is 15.7. The topological polar surface area (TPSA) is 38.0 Å². The van der Waals surface area contributed by atoms with Crippen molar-refractivity contribution in [1.82, 2.24) is 9.78 Å². The summed E-state index contributed by atoms with van der Waals surface area (Å²) in [5.41, 5.74) is 6.13. The third-order valence-electron chi connectivity index (χ3n) is 3.61. The fourth-order valence-corrected chi connectivity index (χ4v) is 3.12. The molecule has 0 saturated heterocycles. The molecule has 1 aromatic heterocycles. The lowest BCUT2D eigenvalue weighted by atomic mass is 10.1. The second kappa shape index (κ2) is 6.20. The van der Waals surface area contributed by atoms with E-state index in [-0.39, 0.29) is 6.61 Å². The van der Waals surface area contributed by atoms with Gasteiger partial charge in [-0.2, -0.15) is 5.10 Å². The number of rotatable bonds is 4. The minimum absolute atomic E-state index is 0.0785. The van der Waals surface area contributed by atoms with Gasteiger partial charge in [0.1, 0.15) is 5.15 Å². The van der Waals surface area contributed by atoms with Crippen molar-refractivity contribution in [3.63, 3.8) is 0 Å². The molecule has 4 heteroatoms. The van der Waals surface area contributed by atoms with Gasteiger partial charge in [0.05, 0.1) is 18.0 Å². The van der Waals surface area contributed by atoms with Gasteiger partial charge in [0, 0.05) is 5.56 Å². The molecule has 1 aromatic carbocycles. The van der Waals surface area contributed by atoms with Gasteiger partial charge in [0.25, 0.3) is 0 Å². The Morgan fingerprint density at radius 1 is 1.19 bits per heavy atom. The lowest BCUT2D eigenvalue weighted by molar-refractivity contribution is 0.280. The summed E-state index contributed by atoms with van der Waals surface area (Å²) in [6.07, 6.45) is 0.812. The molecule has 0 spiro atoms. The van der Waals surface area contributed by atoms with Crippen LogP contribution < -0.4 is 0 Å². The molecule has 3 nitrogen and oxygen atoms in total. The van der Waals surface area contributed by atoms with Crippen molar-refractivity contribution in [3.8, 4) is 5.69 Å². The largest absolute Gasteiger partial charge is 0.391 e. The van der Waals surface area contributed by atoms with E-state index in [2.05, 4.69) is 51.9 Å². The van der Waals surface area contributed by atoms with Crippen molar-refractivity contribution in [2.75, 3.05) is 0 Å². The first-order chi connectivity index (χ1) is 9.85. The molecule has 1 heterocycles. The zero-order valence-corrected chi connectivity index (χ0v) is 14.1. The van der Waals surface area contributed by atoms with E-state index in [1.165, 1.54) is 5.56 Å². The number of aryl methyl sites for hydroxylation is 3. The fourth-order valence-electron chi connectivity index (χ4n) is 2.83. The Bertz CT molecular complexity index is 636. The molecule has 0 aliphatic rings. The van der Waals surface area contributed by atoms with E-state index in [0.29, 0.717) is 11.1 Å². The quantitative estimate of drug-likeness (QED) is 0.922. The zero-order valence-electron chi connectivity index (χ0n) is 13.4. The molecular weight excluding hydrogens is 284 g/mol. The van der Waals surface area contributed by atoms with Gasteiger partial charge in [0.15, 0.2) is 0 Å². The molecule has 1 N–H and O–H groups in total. The van der Waals surface area contributed by atoms with Crippen LogP contribution in [0.4, 0.5) is 0 Å². The molecule has 21 heavy (non-hydrogen) atoms. The van der Waals surface area contributed by atoms with Gasteiger partial charge in [-0.25, -0.2) is 4.68 Å². The van der Waals surface area contributed by atoms with Crippen LogP contribution in [-0.2, 0) is 13.0 Å². The molecule has 0 saturated carbocycles. The van der Waals surface area contributed by atoms with E-state index < -0.39 is 0 Å². The summed E-state index contributed by atoms with van der Waals surface area (Å²) in [6.45, 7) is 10.4. The van der Waals surface area contributed by atoms with Crippen molar-refractivity contribution < 1.29 is 5.11 Å². The average molecular weight is 307 g/mol. The molecule has 0 unspecified atom stereocenters. The summed E-state index contributed by atoms with van der Waals surface area (Å²) in [6, 6.07) is 4.25. The highest BCUT2D eigenvalue weighted by atomic mass is 35.5. The fraction of sp³-hybridized carbons (Fsp3) is 0.471. The van der Waals surface area contributed by atoms with E-state index in [1.54, 1.807) is 4.68 Å². The van der Waals surface area contributed by atoms with Gasteiger partial charge in [-0.3, -0.25) is 0 Å². The minimum atomic E-state index is -0.0785. The number of hydrogen-bond donors (Lipinski definition) is 1. The maximum Gasteiger partial charge on any atom is 0.138 e. The Hall–Kier alpha value is -1.32. The number of halogens is 1. The van der Waals surface area contributed by atoms with Crippen LogP contribution in [-0.4, -0.2) is 14.9 Å². The van der Waals surface area contributed by atoms with Crippen molar-refractivity contribution >= 4 is 11.6 Å². The first kappa shape index (κ1) is 16.1. The van der Waals surface area contributed by atoms with Crippen LogP contribution in [0.1, 0.15) is 41.8 Å². The summed E-state index contributed by atoms with van der Waals surface area (Å²) in [4.78, 5) is 0. The first-order valence-electron chi connectivity index (χ1n) is 7.30. The van der Waals surface area contributed by atoms with E-state index in [4.69, 9.17) is 11.6 Å². The van der Waals surface area contributed by atoms with Crippen LogP contribution >= 0.6 is 11.6 Å². The molecule has 0 amide bonds. The normalized spacial score (nSPS) is 11.4. The molecule has 0 fully saturated rings. The summed E-state index contributed by atoms with van der Waals surface area (Å²) < 4.78 is 1.77. The third kappa shape index (κ3) is 3.14. The van der Waals surface area contributed by atoms with E-state index >= 15 is 0 Å². The SMILES string of the molecule is Cc1cc(C)c(-n2nc(CC(C)C)c(CO)c2Cl)c(C)c1. The highest BCUT2D eigenvalue weighted by Crippen LogP contribution is 2.29. The monoisotopic (exact) mass is 306 g/mol. The molecule has 2 rings (SSSR count). The van der Waals surface area contributed by atoms with Crippen LogP contribution in [0.5, 0.6) is 0 Å². The van der Waals surface area contributed by atoms with Gasteiger partial charge in [0.2, 0.25) is 0 Å². The molecule has 2 aromatic rings. The Morgan fingerprint density at radius 2 is 1.76 bits per heavy atom. The summed E-state index contributed by atoms with van der Waals surface area (Å²) in [7, 11) is 0. The number of nitrogens with zero attached hydrogens (tertiary/aromatic N) is 2. The molecule has 0 aliphatic carbocycles. The molecule has 0 atom stereocenters. The minimum Gasteiger partial charge on any atom is -0.391 e. The van der Waals surface area contributed by atoms with E-state index in [9.17, 15) is 5.11 Å². The summed E-state index contributed by atoms with van der Waals surface area (Å²) in [5.74, 6) is 0.468. The van der Waals surface area contributed by atoms with Crippen LogP contribution in [0.2, 0.25) is 5.15 Å². The maximum atomic E-state index is 9.62. The second-order valence-corrected chi connectivity index (χ2v) is 6.49. The van der Waals surface area contributed by atoms with Crippen molar-refractivity contribution in [2.24, 2.45) is 5.92 Å². The predicted octanol–water partition coefficient (Wildman–Crippen LogP) is 4.14. The van der Waals surface area contributed by atoms with Crippen molar-refractivity contribution in [2.45, 2.75) is 47.6 Å². The smallest absolute Gasteiger partial charge is 0.138 e. The number of benzene rings is 1. The Kier molecular flexibility index (Phi) is 4.74. The second-order valence-electron chi connectivity index (χ2n) is 6.13. The molecule has 0 bridgehead atoms. The predicted molar refractivity (Wildman–Crippen MR) is 87.2 cm³/mol. The van der Waals surface area contributed by atoms with Gasteiger partial charge in [-0.1, -0.05) is 43.1 Å². The molecular formula is C17H23ClN2O. The van der Waals surface area contributed by atoms with Crippen LogP contribution in [0.15, 0.2) is 12.1 Å². The first-order valence-corrected chi connectivity index (χ1v) is 7.68. The molecule has 0 aliphatic heterocycles. The van der Waals surface area contributed by atoms with Gasteiger partial charge >= 0.3 is 0 Å². The average Bonchev–Trinajstić information content (AvgIpc) is 2.64. The van der Waals surface area contributed by atoms with Crippen molar-refractivity contribution in [1.29, 1.82) is 0 Å². The number of aromatic nitrogens is 2. The highest BCUT2D eigenvalue weighted by Gasteiger charge is 2.19. The lowest BCUT2D eigenvalue weighted by Gasteiger charge is -2.12. The maximum absolute atomic E-state index is 9.62. The van der Waals surface area contributed by atoms with Gasteiger partial charge < -0.3 is 5.11 Å². The van der Waals surface area contributed by atoms with Crippen molar-refractivity contribution in [3.05, 3.63) is 45.2 Å². The molecule has 114 valence electrons. The third-order valence-corrected chi connectivity index (χ3v) is 4.00.